The van der Waals surface area contributed by atoms with Crippen LogP contribution in [-0.4, -0.2) is 47.8 Å². The topological polar surface area (TPSA) is 59.0 Å². The summed E-state index contributed by atoms with van der Waals surface area (Å²) in [5.74, 6) is 1.07. The first-order chi connectivity index (χ1) is 9.91. The van der Waals surface area contributed by atoms with Crippen LogP contribution in [0.4, 0.5) is 0 Å². The Hall–Kier alpha value is -1.75. The fourth-order valence-corrected chi connectivity index (χ4v) is 2.67. The van der Waals surface area contributed by atoms with E-state index in [9.17, 15) is 9.90 Å². The zero-order chi connectivity index (χ0) is 15.6. The van der Waals surface area contributed by atoms with Gasteiger partial charge in [-0.25, -0.2) is 0 Å². The summed E-state index contributed by atoms with van der Waals surface area (Å²) in [6.07, 6.45) is 0.110. The fourth-order valence-electron chi connectivity index (χ4n) is 2.67. The summed E-state index contributed by atoms with van der Waals surface area (Å²) in [7, 11) is 1.55. The largest absolute Gasteiger partial charge is 0.493 e. The first kappa shape index (κ1) is 15.6. The molecule has 21 heavy (non-hydrogen) atoms. The fraction of sp³-hybridized carbons (Fsp3) is 0.562. The van der Waals surface area contributed by atoms with Gasteiger partial charge in [0.2, 0.25) is 0 Å². The van der Waals surface area contributed by atoms with Crippen molar-refractivity contribution in [2.24, 2.45) is 0 Å². The van der Waals surface area contributed by atoms with Crippen LogP contribution in [0.25, 0.3) is 0 Å². The number of hydrogen-bond donors (Lipinski definition) is 1. The van der Waals surface area contributed by atoms with E-state index < -0.39 is 11.6 Å². The van der Waals surface area contributed by atoms with Gasteiger partial charge < -0.3 is 19.5 Å². The molecule has 116 valence electrons. The number of benzene rings is 1. The lowest BCUT2D eigenvalue weighted by atomic mass is 9.98. The van der Waals surface area contributed by atoms with Crippen molar-refractivity contribution in [3.8, 4) is 11.5 Å². The smallest absolute Gasteiger partial charge is 0.254 e. The maximum atomic E-state index is 12.7. The van der Waals surface area contributed by atoms with Crippen molar-refractivity contribution in [1.29, 1.82) is 0 Å². The Morgan fingerprint density at radius 2 is 2.14 bits per heavy atom. The van der Waals surface area contributed by atoms with E-state index in [1.807, 2.05) is 20.8 Å². The van der Waals surface area contributed by atoms with Crippen LogP contribution in [0.1, 0.15) is 37.6 Å². The van der Waals surface area contributed by atoms with Gasteiger partial charge in [-0.3, -0.25) is 4.79 Å². The molecule has 1 saturated heterocycles. The number of amides is 1. The number of likely N-dealkylation sites (tertiary alicyclic amines) is 1. The molecule has 0 spiro atoms. The maximum Gasteiger partial charge on any atom is 0.254 e. The minimum Gasteiger partial charge on any atom is -0.493 e. The first-order valence-electron chi connectivity index (χ1n) is 7.22. The van der Waals surface area contributed by atoms with Crippen LogP contribution in [0, 0.1) is 0 Å². The van der Waals surface area contributed by atoms with Crippen molar-refractivity contribution in [2.45, 2.75) is 38.8 Å². The van der Waals surface area contributed by atoms with E-state index in [4.69, 9.17) is 9.47 Å². The highest BCUT2D eigenvalue weighted by molar-refractivity contribution is 5.95. The van der Waals surface area contributed by atoms with Gasteiger partial charge in [-0.2, -0.15) is 0 Å². The molecule has 1 amide bonds. The molecule has 1 N–H and O–H groups in total. The Morgan fingerprint density at radius 1 is 1.43 bits per heavy atom. The van der Waals surface area contributed by atoms with Gasteiger partial charge in [0.1, 0.15) is 0 Å². The lowest BCUT2D eigenvalue weighted by Crippen LogP contribution is -2.48. The molecular weight excluding hydrogens is 270 g/mol. The quantitative estimate of drug-likeness (QED) is 0.923. The third kappa shape index (κ3) is 2.83. The summed E-state index contributed by atoms with van der Waals surface area (Å²) in [5.41, 5.74) is -0.0133. The molecular formula is C16H23NO4. The lowest BCUT2D eigenvalue weighted by Gasteiger charge is -2.34. The number of carbonyl (C=O) groups excluding carboxylic acids is 1. The van der Waals surface area contributed by atoms with Crippen LogP contribution in [-0.2, 0) is 0 Å². The van der Waals surface area contributed by atoms with Gasteiger partial charge in [-0.1, -0.05) is 0 Å². The Bertz CT molecular complexity index is 527. The summed E-state index contributed by atoms with van der Waals surface area (Å²) in [6, 6.07) is 5.17. The summed E-state index contributed by atoms with van der Waals surface area (Å²) in [6.45, 7) is 6.76. The number of carbonyl (C=O) groups is 1. The molecule has 5 heteroatoms. The summed E-state index contributed by atoms with van der Waals surface area (Å²) >= 11 is 0. The molecule has 1 aromatic carbocycles. The zero-order valence-electron chi connectivity index (χ0n) is 13.0. The van der Waals surface area contributed by atoms with Crippen molar-refractivity contribution >= 4 is 5.91 Å². The highest BCUT2D eigenvalue weighted by atomic mass is 16.5. The second-order valence-corrected chi connectivity index (χ2v) is 5.71. The maximum absolute atomic E-state index is 12.7. The number of nitrogens with zero attached hydrogens (tertiary/aromatic N) is 1. The number of hydrogen-bond acceptors (Lipinski definition) is 4. The summed E-state index contributed by atoms with van der Waals surface area (Å²) in [5, 5.41) is 10.00. The van der Waals surface area contributed by atoms with Gasteiger partial charge in [-0.05, 0) is 45.4 Å². The zero-order valence-corrected chi connectivity index (χ0v) is 13.0. The molecule has 0 aromatic heterocycles. The van der Waals surface area contributed by atoms with Crippen molar-refractivity contribution in [2.75, 3.05) is 20.3 Å². The average molecular weight is 293 g/mol. The van der Waals surface area contributed by atoms with Gasteiger partial charge in [0, 0.05) is 12.1 Å². The number of aliphatic hydroxyl groups is 1. The molecule has 1 aliphatic rings. The monoisotopic (exact) mass is 293 g/mol. The van der Waals surface area contributed by atoms with Gasteiger partial charge in [0.15, 0.2) is 11.5 Å². The minimum atomic E-state index is -0.553. The number of rotatable bonds is 4. The normalized spacial score (nSPS) is 20.4. The predicted molar refractivity (Wildman–Crippen MR) is 79.9 cm³/mol. The van der Waals surface area contributed by atoms with E-state index in [2.05, 4.69) is 0 Å². The third-order valence-electron chi connectivity index (χ3n) is 4.09. The molecule has 1 aromatic rings. The summed E-state index contributed by atoms with van der Waals surface area (Å²) in [4.78, 5) is 14.4. The molecule has 5 nitrogen and oxygen atoms in total. The Balaban J connectivity index is 2.28. The lowest BCUT2D eigenvalue weighted by molar-refractivity contribution is 0.0394. The number of aliphatic hydroxyl groups excluding tert-OH is 1. The van der Waals surface area contributed by atoms with Crippen LogP contribution in [0.2, 0.25) is 0 Å². The molecule has 2 rings (SSSR count). The molecule has 0 saturated carbocycles. The summed E-state index contributed by atoms with van der Waals surface area (Å²) < 4.78 is 10.7. The van der Waals surface area contributed by atoms with Crippen LogP contribution in [0.5, 0.6) is 11.5 Å². The van der Waals surface area contributed by atoms with Crippen LogP contribution >= 0.6 is 0 Å². The Morgan fingerprint density at radius 3 is 2.67 bits per heavy atom. The second-order valence-electron chi connectivity index (χ2n) is 5.71. The SMILES string of the molecule is CCOc1ccc(C(=O)N2CC[C@H](O)C2(C)C)cc1OC. The molecule has 0 bridgehead atoms. The van der Waals surface area contributed by atoms with Crippen molar-refractivity contribution in [1.82, 2.24) is 4.90 Å². The predicted octanol–water partition coefficient (Wildman–Crippen LogP) is 2.08. The molecule has 0 unspecified atom stereocenters. The highest BCUT2D eigenvalue weighted by Crippen LogP contribution is 2.33. The molecule has 1 fully saturated rings. The second kappa shape index (κ2) is 5.93. The molecule has 1 atom stereocenters. The van der Waals surface area contributed by atoms with E-state index in [1.54, 1.807) is 30.2 Å². The minimum absolute atomic E-state index is 0.0992. The van der Waals surface area contributed by atoms with E-state index in [1.165, 1.54) is 0 Å². The van der Waals surface area contributed by atoms with Gasteiger partial charge in [0.05, 0.1) is 25.4 Å². The van der Waals surface area contributed by atoms with Gasteiger partial charge >= 0.3 is 0 Å². The van der Waals surface area contributed by atoms with Crippen molar-refractivity contribution in [3.05, 3.63) is 23.8 Å². The Labute approximate surface area is 125 Å². The van der Waals surface area contributed by atoms with Gasteiger partial charge in [-0.15, -0.1) is 0 Å². The van der Waals surface area contributed by atoms with E-state index >= 15 is 0 Å². The van der Waals surface area contributed by atoms with Gasteiger partial charge in [0.25, 0.3) is 5.91 Å². The van der Waals surface area contributed by atoms with Crippen LogP contribution in [0.3, 0.4) is 0 Å². The van der Waals surface area contributed by atoms with E-state index in [-0.39, 0.29) is 5.91 Å². The first-order valence-corrected chi connectivity index (χ1v) is 7.22. The highest BCUT2D eigenvalue weighted by Gasteiger charge is 2.43. The average Bonchev–Trinajstić information content (AvgIpc) is 2.73. The molecule has 0 aliphatic carbocycles. The number of ether oxygens (including phenoxy) is 2. The third-order valence-corrected chi connectivity index (χ3v) is 4.09. The van der Waals surface area contributed by atoms with E-state index in [0.29, 0.717) is 36.6 Å². The van der Waals surface area contributed by atoms with Crippen LogP contribution < -0.4 is 9.47 Å². The standard InChI is InChI=1S/C16H23NO4/c1-5-21-12-7-6-11(10-13(12)20-4)15(19)17-9-8-14(18)16(17,2)3/h6-7,10,14,18H,5,8-9H2,1-4H3/t14-/m0/s1. The van der Waals surface area contributed by atoms with Crippen molar-refractivity contribution < 1.29 is 19.4 Å². The number of methoxy groups -OCH3 is 1. The van der Waals surface area contributed by atoms with E-state index in [0.717, 1.165) is 0 Å². The molecule has 1 aliphatic heterocycles. The molecule has 0 radical (unpaired) electrons. The molecule has 1 heterocycles. The Kier molecular flexibility index (Phi) is 4.42. The van der Waals surface area contributed by atoms with Crippen molar-refractivity contribution in [3.63, 3.8) is 0 Å². The van der Waals surface area contributed by atoms with Crippen LogP contribution in [0.15, 0.2) is 18.2 Å².